The molecule has 2 N–H and O–H groups in total. The second-order valence-corrected chi connectivity index (χ2v) is 8.37. The van der Waals surface area contributed by atoms with E-state index >= 15 is 0 Å². The smallest absolute Gasteiger partial charge is 0.256 e. The Morgan fingerprint density at radius 3 is 2.65 bits per heavy atom. The number of piperidine rings is 1. The number of nitrogens with zero attached hydrogens (tertiary/aromatic N) is 2. The van der Waals surface area contributed by atoms with Gasteiger partial charge in [-0.25, -0.2) is 0 Å². The van der Waals surface area contributed by atoms with Crippen LogP contribution in [0.15, 0.2) is 48.5 Å². The number of carbonyl (C=O) groups is 2. The molecule has 1 saturated heterocycles. The Kier molecular flexibility index (Phi) is 6.87. The maximum Gasteiger partial charge on any atom is 0.256 e. The number of carbonyl (C=O) groups excluding carboxylic acids is 2. The van der Waals surface area contributed by atoms with E-state index in [1.165, 1.54) is 19.3 Å². The monoisotopic (exact) mass is 420 g/mol. The highest BCUT2D eigenvalue weighted by Crippen LogP contribution is 2.34. The summed E-state index contributed by atoms with van der Waals surface area (Å²) in [6, 6.07) is 15.3. The Bertz CT molecular complexity index is 923. The molecule has 6 nitrogen and oxygen atoms in total. The summed E-state index contributed by atoms with van der Waals surface area (Å²) in [6.07, 6.45) is 4.49. The van der Waals surface area contributed by atoms with Crippen LogP contribution in [0.1, 0.15) is 65.1 Å². The number of nitrogens with one attached hydrogen (secondary N) is 2. The first-order valence-electron chi connectivity index (χ1n) is 11.4. The number of anilines is 1. The van der Waals surface area contributed by atoms with Crippen molar-refractivity contribution in [1.82, 2.24) is 15.1 Å². The molecular formula is C25H32N4O2. The summed E-state index contributed by atoms with van der Waals surface area (Å²) in [5.41, 5.74) is 3.19. The number of fused-ring (bicyclic) bond motifs is 1. The van der Waals surface area contributed by atoms with Crippen LogP contribution in [0.2, 0.25) is 0 Å². The van der Waals surface area contributed by atoms with Gasteiger partial charge in [0, 0.05) is 42.0 Å². The van der Waals surface area contributed by atoms with Gasteiger partial charge in [0.1, 0.15) is 6.17 Å². The van der Waals surface area contributed by atoms with Crippen molar-refractivity contribution in [3.05, 3.63) is 65.2 Å². The number of amides is 2. The first-order valence-corrected chi connectivity index (χ1v) is 11.4. The quantitative estimate of drug-likeness (QED) is 0.680. The van der Waals surface area contributed by atoms with Gasteiger partial charge in [-0.05, 0) is 56.6 Å². The Morgan fingerprint density at radius 1 is 1.03 bits per heavy atom. The van der Waals surface area contributed by atoms with Crippen LogP contribution >= 0.6 is 0 Å². The Labute approximate surface area is 184 Å². The fraction of sp³-hybridized carbons (Fsp3) is 0.440. The van der Waals surface area contributed by atoms with E-state index in [1.54, 1.807) is 0 Å². The van der Waals surface area contributed by atoms with Crippen LogP contribution in [-0.4, -0.2) is 54.3 Å². The van der Waals surface area contributed by atoms with Gasteiger partial charge in [-0.1, -0.05) is 37.6 Å². The third-order valence-corrected chi connectivity index (χ3v) is 6.11. The molecule has 0 saturated carbocycles. The molecule has 6 heteroatoms. The van der Waals surface area contributed by atoms with Crippen LogP contribution in [0.25, 0.3) is 0 Å². The summed E-state index contributed by atoms with van der Waals surface area (Å²) in [5, 5.41) is 6.53. The molecule has 0 radical (unpaired) electrons. The lowest BCUT2D eigenvalue weighted by atomic mass is 10.1. The van der Waals surface area contributed by atoms with Crippen molar-refractivity contribution in [3.8, 4) is 0 Å². The fourth-order valence-electron chi connectivity index (χ4n) is 4.52. The third-order valence-electron chi connectivity index (χ3n) is 6.11. The average Bonchev–Trinajstić information content (AvgIpc) is 3.06. The molecule has 0 aromatic heterocycles. The van der Waals surface area contributed by atoms with Gasteiger partial charge < -0.3 is 20.4 Å². The summed E-state index contributed by atoms with van der Waals surface area (Å²) >= 11 is 0. The van der Waals surface area contributed by atoms with Gasteiger partial charge in [0.05, 0.1) is 0 Å². The Hall–Kier alpha value is -2.86. The lowest BCUT2D eigenvalue weighted by Crippen LogP contribution is -2.37. The van der Waals surface area contributed by atoms with Gasteiger partial charge in [0.25, 0.3) is 11.8 Å². The molecule has 0 bridgehead atoms. The number of rotatable bonds is 8. The second kappa shape index (κ2) is 9.96. The van der Waals surface area contributed by atoms with Gasteiger partial charge in [0.15, 0.2) is 0 Å². The molecule has 2 amide bonds. The standard InChI is InChI=1S/C25H32N4O2/c1-2-14-29-23(21-11-4-5-12-22(21)25(29)31)27-20-10-8-9-19(18-20)24(30)26-13-17-28-15-6-3-7-16-28/h4-5,8-12,18,23,27H,2-3,6-7,13-17H2,1H3,(H,26,30)/t23-/m0/s1. The van der Waals surface area contributed by atoms with Crippen molar-refractivity contribution in [2.24, 2.45) is 0 Å². The van der Waals surface area contributed by atoms with Crippen LogP contribution in [-0.2, 0) is 0 Å². The minimum Gasteiger partial charge on any atom is -0.361 e. The number of hydrogen-bond acceptors (Lipinski definition) is 4. The molecule has 1 atom stereocenters. The van der Waals surface area contributed by atoms with Crippen molar-refractivity contribution >= 4 is 17.5 Å². The van der Waals surface area contributed by atoms with Crippen molar-refractivity contribution < 1.29 is 9.59 Å². The van der Waals surface area contributed by atoms with Gasteiger partial charge in [-0.2, -0.15) is 0 Å². The lowest BCUT2D eigenvalue weighted by molar-refractivity contribution is 0.0742. The summed E-state index contributed by atoms with van der Waals surface area (Å²) < 4.78 is 0. The van der Waals surface area contributed by atoms with E-state index < -0.39 is 0 Å². The minimum atomic E-state index is -0.221. The molecular weight excluding hydrogens is 388 g/mol. The zero-order valence-electron chi connectivity index (χ0n) is 18.3. The van der Waals surface area contributed by atoms with Gasteiger partial charge in [-0.3, -0.25) is 9.59 Å². The van der Waals surface area contributed by atoms with E-state index in [1.807, 2.05) is 53.4 Å². The molecule has 2 aliphatic heterocycles. The first-order chi connectivity index (χ1) is 15.2. The molecule has 2 heterocycles. The first kappa shape index (κ1) is 21.4. The maximum absolute atomic E-state index is 12.8. The third kappa shape index (κ3) is 4.90. The number of likely N-dealkylation sites (tertiary alicyclic amines) is 1. The molecule has 164 valence electrons. The van der Waals surface area contributed by atoms with Crippen LogP contribution in [0, 0.1) is 0 Å². The lowest BCUT2D eigenvalue weighted by Gasteiger charge is -2.27. The van der Waals surface area contributed by atoms with Crippen molar-refractivity contribution in [3.63, 3.8) is 0 Å². The molecule has 31 heavy (non-hydrogen) atoms. The zero-order valence-corrected chi connectivity index (χ0v) is 18.3. The van der Waals surface area contributed by atoms with E-state index in [-0.39, 0.29) is 18.0 Å². The summed E-state index contributed by atoms with van der Waals surface area (Å²) in [7, 11) is 0. The molecule has 2 aromatic rings. The molecule has 0 aliphatic carbocycles. The van der Waals surface area contributed by atoms with Gasteiger partial charge >= 0.3 is 0 Å². The molecule has 0 unspecified atom stereocenters. The summed E-state index contributed by atoms with van der Waals surface area (Å²) in [5.74, 6) is -0.00414. The van der Waals surface area contributed by atoms with Crippen molar-refractivity contribution in [1.29, 1.82) is 0 Å². The summed E-state index contributed by atoms with van der Waals surface area (Å²) in [6.45, 7) is 6.57. The van der Waals surface area contributed by atoms with Crippen LogP contribution in [0.5, 0.6) is 0 Å². The molecule has 2 aromatic carbocycles. The van der Waals surface area contributed by atoms with Crippen LogP contribution in [0.4, 0.5) is 5.69 Å². The zero-order chi connectivity index (χ0) is 21.6. The van der Waals surface area contributed by atoms with E-state index in [2.05, 4.69) is 22.5 Å². The predicted octanol–water partition coefficient (Wildman–Crippen LogP) is 3.88. The molecule has 1 fully saturated rings. The number of benzene rings is 2. The molecule has 0 spiro atoms. The Balaban J connectivity index is 1.41. The van der Waals surface area contributed by atoms with E-state index in [0.717, 1.165) is 42.9 Å². The highest BCUT2D eigenvalue weighted by molar-refractivity contribution is 5.99. The molecule has 4 rings (SSSR count). The van der Waals surface area contributed by atoms with Crippen molar-refractivity contribution in [2.75, 3.05) is 38.0 Å². The highest BCUT2D eigenvalue weighted by atomic mass is 16.2. The van der Waals surface area contributed by atoms with E-state index in [9.17, 15) is 9.59 Å². The SMILES string of the molecule is CCCN1C(=O)c2ccccc2[C@H]1Nc1cccc(C(=O)NCCN2CCCCC2)c1. The van der Waals surface area contributed by atoms with Crippen molar-refractivity contribution in [2.45, 2.75) is 38.8 Å². The van der Waals surface area contributed by atoms with Gasteiger partial charge in [-0.15, -0.1) is 0 Å². The molecule has 2 aliphatic rings. The average molecular weight is 421 g/mol. The fourth-order valence-corrected chi connectivity index (χ4v) is 4.52. The normalized spacial score (nSPS) is 18.7. The van der Waals surface area contributed by atoms with Gasteiger partial charge in [0.2, 0.25) is 0 Å². The maximum atomic E-state index is 12.8. The topological polar surface area (TPSA) is 64.7 Å². The van der Waals surface area contributed by atoms with E-state index in [4.69, 9.17) is 0 Å². The number of hydrogen-bond donors (Lipinski definition) is 2. The van der Waals surface area contributed by atoms with E-state index in [0.29, 0.717) is 18.7 Å². The highest BCUT2D eigenvalue weighted by Gasteiger charge is 2.35. The van der Waals surface area contributed by atoms with Crippen LogP contribution < -0.4 is 10.6 Å². The van der Waals surface area contributed by atoms with Crippen LogP contribution in [0.3, 0.4) is 0 Å². The minimum absolute atomic E-state index is 0.0570. The summed E-state index contributed by atoms with van der Waals surface area (Å²) in [4.78, 5) is 29.8. The second-order valence-electron chi connectivity index (χ2n) is 8.37. The largest absolute Gasteiger partial charge is 0.361 e. The predicted molar refractivity (Wildman–Crippen MR) is 123 cm³/mol. The Morgan fingerprint density at radius 2 is 1.84 bits per heavy atom.